The second kappa shape index (κ2) is 6.01. The van der Waals surface area contributed by atoms with Crippen molar-refractivity contribution in [2.75, 3.05) is 13.1 Å². The molecule has 5 nitrogen and oxygen atoms in total. The summed E-state index contributed by atoms with van der Waals surface area (Å²) in [5.74, 6) is 0.0564. The number of piperidine rings is 1. The maximum absolute atomic E-state index is 11.2. The van der Waals surface area contributed by atoms with Crippen molar-refractivity contribution in [2.24, 2.45) is 5.73 Å². The van der Waals surface area contributed by atoms with Crippen LogP contribution in [0.2, 0.25) is 0 Å². The lowest BCUT2D eigenvalue weighted by atomic mass is 9.95. The molecule has 3 N–H and O–H groups in total. The Bertz CT molecular complexity index is 633. The zero-order chi connectivity index (χ0) is 14.7. The van der Waals surface area contributed by atoms with Crippen LogP contribution in [0.4, 0.5) is 0 Å². The summed E-state index contributed by atoms with van der Waals surface area (Å²) in [7, 11) is 0. The predicted octanol–water partition coefficient (Wildman–Crippen LogP) is 1.71. The highest BCUT2D eigenvalue weighted by Gasteiger charge is 2.16. The molecule has 0 atom stereocenters. The predicted molar refractivity (Wildman–Crippen MR) is 80.8 cm³/mol. The normalized spacial score (nSPS) is 15.8. The lowest BCUT2D eigenvalue weighted by Crippen LogP contribution is -2.27. The maximum Gasteiger partial charge on any atom is 0.248 e. The third-order valence-electron chi connectivity index (χ3n) is 3.87. The first-order valence-corrected chi connectivity index (χ1v) is 7.17. The molecule has 0 bridgehead atoms. The molecule has 3 rings (SSSR count). The van der Waals surface area contributed by atoms with Gasteiger partial charge in [-0.2, -0.15) is 0 Å². The average Bonchev–Trinajstić information content (AvgIpc) is 2.56. The van der Waals surface area contributed by atoms with E-state index >= 15 is 0 Å². The first kappa shape index (κ1) is 13.7. The Labute approximate surface area is 123 Å². The van der Waals surface area contributed by atoms with Gasteiger partial charge in [0.15, 0.2) is 0 Å². The Morgan fingerprint density at radius 3 is 2.67 bits per heavy atom. The van der Waals surface area contributed by atoms with Gasteiger partial charge in [0.1, 0.15) is 0 Å². The van der Waals surface area contributed by atoms with Crippen LogP contribution in [0.15, 0.2) is 36.7 Å². The third kappa shape index (κ3) is 3.08. The zero-order valence-corrected chi connectivity index (χ0v) is 11.7. The van der Waals surface area contributed by atoms with Gasteiger partial charge in [0.05, 0.1) is 17.6 Å². The van der Waals surface area contributed by atoms with Crippen LogP contribution in [0.1, 0.15) is 34.8 Å². The van der Waals surface area contributed by atoms with Crippen molar-refractivity contribution < 1.29 is 4.79 Å². The largest absolute Gasteiger partial charge is 0.366 e. The van der Waals surface area contributed by atoms with E-state index in [1.165, 1.54) is 0 Å². The fourth-order valence-corrected chi connectivity index (χ4v) is 2.65. The molecule has 0 radical (unpaired) electrons. The molecule has 1 fully saturated rings. The summed E-state index contributed by atoms with van der Waals surface area (Å²) in [5, 5.41) is 3.35. The molecule has 0 spiro atoms. The van der Waals surface area contributed by atoms with Crippen molar-refractivity contribution in [1.82, 2.24) is 15.3 Å². The van der Waals surface area contributed by atoms with Gasteiger partial charge in [0.2, 0.25) is 5.91 Å². The van der Waals surface area contributed by atoms with Gasteiger partial charge < -0.3 is 11.1 Å². The average molecular weight is 282 g/mol. The fraction of sp³-hybridized carbons (Fsp3) is 0.312. The minimum absolute atomic E-state index is 0.434. The molecule has 1 aliphatic heterocycles. The van der Waals surface area contributed by atoms with E-state index in [0.29, 0.717) is 11.5 Å². The molecular formula is C16H18N4O. The van der Waals surface area contributed by atoms with Gasteiger partial charge in [0.25, 0.3) is 0 Å². The van der Waals surface area contributed by atoms with Crippen molar-refractivity contribution in [2.45, 2.75) is 18.8 Å². The molecule has 1 aliphatic rings. The van der Waals surface area contributed by atoms with Crippen LogP contribution in [-0.4, -0.2) is 29.0 Å². The van der Waals surface area contributed by atoms with Crippen molar-refractivity contribution in [3.63, 3.8) is 0 Å². The molecular weight excluding hydrogens is 264 g/mol. The van der Waals surface area contributed by atoms with Crippen molar-refractivity contribution in [1.29, 1.82) is 0 Å². The molecule has 1 amide bonds. The third-order valence-corrected chi connectivity index (χ3v) is 3.87. The highest BCUT2D eigenvalue weighted by atomic mass is 16.1. The van der Waals surface area contributed by atoms with Gasteiger partial charge in [-0.15, -0.1) is 0 Å². The number of nitrogens with two attached hydrogens (primary N) is 1. The van der Waals surface area contributed by atoms with E-state index in [0.717, 1.165) is 42.9 Å². The second-order valence-electron chi connectivity index (χ2n) is 5.30. The minimum Gasteiger partial charge on any atom is -0.366 e. The number of rotatable bonds is 3. The van der Waals surface area contributed by atoms with Gasteiger partial charge in [-0.25, -0.2) is 0 Å². The minimum atomic E-state index is -0.434. The Kier molecular flexibility index (Phi) is 3.92. The number of nitrogens with one attached hydrogen (secondary N) is 1. The Morgan fingerprint density at radius 1 is 1.19 bits per heavy atom. The molecule has 2 aromatic rings. The number of carbonyl (C=O) groups is 1. The fourth-order valence-electron chi connectivity index (χ4n) is 2.65. The van der Waals surface area contributed by atoms with E-state index in [1.807, 2.05) is 12.3 Å². The van der Waals surface area contributed by atoms with Gasteiger partial charge in [-0.05, 0) is 38.1 Å². The number of hydrogen-bond acceptors (Lipinski definition) is 4. The van der Waals surface area contributed by atoms with Crippen LogP contribution >= 0.6 is 0 Å². The van der Waals surface area contributed by atoms with E-state index in [2.05, 4.69) is 15.3 Å². The van der Waals surface area contributed by atoms with Crippen LogP contribution in [0, 0.1) is 0 Å². The van der Waals surface area contributed by atoms with Crippen molar-refractivity contribution >= 4 is 5.91 Å². The second-order valence-corrected chi connectivity index (χ2v) is 5.30. The summed E-state index contributed by atoms with van der Waals surface area (Å²) in [6, 6.07) is 7.15. The quantitative estimate of drug-likeness (QED) is 0.898. The van der Waals surface area contributed by atoms with Crippen molar-refractivity contribution in [3.05, 3.63) is 47.9 Å². The number of carbonyl (C=O) groups excluding carboxylic acids is 1. The molecule has 1 aromatic heterocycles. The van der Waals surface area contributed by atoms with E-state index in [9.17, 15) is 4.79 Å². The highest BCUT2D eigenvalue weighted by molar-refractivity contribution is 5.93. The molecule has 5 heteroatoms. The lowest BCUT2D eigenvalue weighted by molar-refractivity contribution is 0.100. The Morgan fingerprint density at radius 2 is 2.00 bits per heavy atom. The monoisotopic (exact) mass is 282 g/mol. The topological polar surface area (TPSA) is 80.9 Å². The SMILES string of the molecule is NC(=O)c1cccc(-c2cnc(C3CCNCC3)cn2)c1. The number of primary amides is 1. The van der Waals surface area contributed by atoms with Gasteiger partial charge in [0, 0.05) is 23.2 Å². The lowest BCUT2D eigenvalue weighted by Gasteiger charge is -2.21. The summed E-state index contributed by atoms with van der Waals surface area (Å²) >= 11 is 0. The summed E-state index contributed by atoms with van der Waals surface area (Å²) in [5.41, 5.74) is 8.45. The molecule has 0 saturated carbocycles. The molecule has 0 aliphatic carbocycles. The van der Waals surface area contributed by atoms with Gasteiger partial charge in [-0.3, -0.25) is 14.8 Å². The first-order chi connectivity index (χ1) is 10.2. The number of nitrogens with zero attached hydrogens (tertiary/aromatic N) is 2. The summed E-state index contributed by atoms with van der Waals surface area (Å²) in [6.45, 7) is 2.07. The summed E-state index contributed by atoms with van der Waals surface area (Å²) < 4.78 is 0. The van der Waals surface area contributed by atoms with Crippen molar-refractivity contribution in [3.8, 4) is 11.3 Å². The number of benzene rings is 1. The van der Waals surface area contributed by atoms with Crippen LogP contribution in [-0.2, 0) is 0 Å². The highest BCUT2D eigenvalue weighted by Crippen LogP contribution is 2.24. The smallest absolute Gasteiger partial charge is 0.248 e. The first-order valence-electron chi connectivity index (χ1n) is 7.17. The number of hydrogen-bond donors (Lipinski definition) is 2. The molecule has 2 heterocycles. The summed E-state index contributed by atoms with van der Waals surface area (Å²) in [6.07, 6.45) is 5.83. The van der Waals surface area contributed by atoms with Crippen LogP contribution in [0.3, 0.4) is 0 Å². The van der Waals surface area contributed by atoms with E-state index in [1.54, 1.807) is 24.4 Å². The van der Waals surface area contributed by atoms with E-state index in [4.69, 9.17) is 5.73 Å². The Balaban J connectivity index is 1.83. The molecule has 21 heavy (non-hydrogen) atoms. The number of amides is 1. The van der Waals surface area contributed by atoms with Crippen LogP contribution < -0.4 is 11.1 Å². The maximum atomic E-state index is 11.2. The summed E-state index contributed by atoms with van der Waals surface area (Å²) in [4.78, 5) is 20.3. The van der Waals surface area contributed by atoms with Crippen LogP contribution in [0.25, 0.3) is 11.3 Å². The molecule has 0 unspecified atom stereocenters. The molecule has 1 saturated heterocycles. The van der Waals surface area contributed by atoms with E-state index < -0.39 is 5.91 Å². The van der Waals surface area contributed by atoms with Gasteiger partial charge >= 0.3 is 0 Å². The molecule has 108 valence electrons. The van der Waals surface area contributed by atoms with Crippen LogP contribution in [0.5, 0.6) is 0 Å². The standard InChI is InChI=1S/C16H18N4O/c17-16(21)13-3-1-2-12(8-13)15-10-19-14(9-20-15)11-4-6-18-7-5-11/h1-3,8-11,18H,4-7H2,(H2,17,21). The molecule has 1 aromatic carbocycles. The van der Waals surface area contributed by atoms with E-state index in [-0.39, 0.29) is 0 Å². The van der Waals surface area contributed by atoms with Gasteiger partial charge in [-0.1, -0.05) is 12.1 Å². The number of aromatic nitrogens is 2. The Hall–Kier alpha value is -2.27. The zero-order valence-electron chi connectivity index (χ0n) is 11.7.